The first-order valence-electron chi connectivity index (χ1n) is 11.0. The van der Waals surface area contributed by atoms with Crippen LogP contribution in [0.3, 0.4) is 0 Å². The highest BCUT2D eigenvalue weighted by Crippen LogP contribution is 2.45. The maximum Gasteiger partial charge on any atom is 0.220 e. The van der Waals surface area contributed by atoms with Crippen LogP contribution in [0.25, 0.3) is 0 Å². The van der Waals surface area contributed by atoms with E-state index in [0.717, 1.165) is 16.8 Å². The van der Waals surface area contributed by atoms with Gasteiger partial charge in [0.05, 0.1) is 11.6 Å². The van der Waals surface area contributed by atoms with E-state index in [-0.39, 0.29) is 17.7 Å². The lowest BCUT2D eigenvalue weighted by Gasteiger charge is -2.43. The predicted octanol–water partition coefficient (Wildman–Crippen LogP) is 5.63. The Kier molecular flexibility index (Phi) is 5.58. The van der Waals surface area contributed by atoms with Crippen LogP contribution in [0.2, 0.25) is 5.02 Å². The van der Waals surface area contributed by atoms with Crippen LogP contribution in [0.1, 0.15) is 42.0 Å². The first-order chi connectivity index (χ1) is 15.6. The Bertz CT molecular complexity index is 1130. The minimum atomic E-state index is -1.04. The number of oxime groups is 1. The van der Waals surface area contributed by atoms with Crippen LogP contribution < -0.4 is 0 Å². The third-order valence-electron chi connectivity index (χ3n) is 6.69. The summed E-state index contributed by atoms with van der Waals surface area (Å²) >= 11 is 6.12. The van der Waals surface area contributed by atoms with Crippen molar-refractivity contribution in [2.75, 3.05) is 13.1 Å². The fraction of sp³-hybridized carbons (Fsp3) is 0.259. The Balaban J connectivity index is 1.55. The molecule has 0 bridgehead atoms. The zero-order chi connectivity index (χ0) is 22.1. The van der Waals surface area contributed by atoms with Gasteiger partial charge >= 0.3 is 0 Å². The fourth-order valence-corrected chi connectivity index (χ4v) is 5.03. The maximum atomic E-state index is 13.5. The predicted molar refractivity (Wildman–Crippen MR) is 127 cm³/mol. The molecule has 2 aliphatic heterocycles. The second-order valence-corrected chi connectivity index (χ2v) is 8.97. The van der Waals surface area contributed by atoms with Crippen molar-refractivity contribution < 1.29 is 9.63 Å². The molecule has 2 heterocycles. The maximum absolute atomic E-state index is 13.5. The quantitative estimate of drug-likeness (QED) is 0.523. The molecule has 162 valence electrons. The van der Waals surface area contributed by atoms with Crippen molar-refractivity contribution in [2.24, 2.45) is 5.16 Å². The van der Waals surface area contributed by atoms with Crippen molar-refractivity contribution in [3.05, 3.63) is 107 Å². The number of hydrogen-bond acceptors (Lipinski definition) is 4. The van der Waals surface area contributed by atoms with E-state index in [0.29, 0.717) is 24.5 Å². The van der Waals surface area contributed by atoms with Crippen molar-refractivity contribution in [1.82, 2.24) is 4.90 Å². The van der Waals surface area contributed by atoms with Gasteiger partial charge in [0.1, 0.15) is 0 Å². The average Bonchev–Trinajstić information content (AvgIpc) is 3.22. The highest BCUT2D eigenvalue weighted by Gasteiger charge is 2.58. The molecule has 5 heteroatoms. The van der Waals surface area contributed by atoms with Gasteiger partial charge in [0.15, 0.2) is 5.78 Å². The molecular formula is C27H25ClN2O2. The minimum absolute atomic E-state index is 0.107. The largest absolute Gasteiger partial charge is 0.378 e. The van der Waals surface area contributed by atoms with Gasteiger partial charge in [-0.2, -0.15) is 0 Å². The van der Waals surface area contributed by atoms with Crippen LogP contribution in [-0.2, 0) is 9.63 Å². The third-order valence-corrected chi connectivity index (χ3v) is 6.94. The van der Waals surface area contributed by atoms with Crippen molar-refractivity contribution in [3.8, 4) is 0 Å². The molecule has 0 amide bonds. The van der Waals surface area contributed by atoms with Gasteiger partial charge in [0.2, 0.25) is 5.60 Å². The Morgan fingerprint density at radius 1 is 1.00 bits per heavy atom. The Morgan fingerprint density at radius 3 is 2.34 bits per heavy atom. The number of nitrogens with zero attached hydrogens (tertiary/aromatic N) is 2. The minimum Gasteiger partial charge on any atom is -0.378 e. The lowest BCUT2D eigenvalue weighted by atomic mass is 9.72. The summed E-state index contributed by atoms with van der Waals surface area (Å²) in [6.45, 7) is 3.38. The standard InChI is InChI=1S/C27H25ClN2O2/c1-19(20-8-4-2-5-9-20)30-17-16-24(31)27(18-30)25(21-10-6-3-7-11-21)26(29-32-27)22-12-14-23(28)15-13-22/h2-15,19,25H,16-18H2,1H3/t19-,25-,27-/m1/s1. The summed E-state index contributed by atoms with van der Waals surface area (Å²) < 4.78 is 0. The second-order valence-electron chi connectivity index (χ2n) is 8.54. The summed E-state index contributed by atoms with van der Waals surface area (Å²) in [5.74, 6) is -0.182. The third kappa shape index (κ3) is 3.64. The fourth-order valence-electron chi connectivity index (χ4n) is 4.90. The number of Topliss-reactive ketones (excluding diaryl/α,β-unsaturated/α-hetero) is 1. The summed E-state index contributed by atoms with van der Waals surface area (Å²) in [5.41, 5.74) is 2.90. The van der Waals surface area contributed by atoms with Gasteiger partial charge in [-0.1, -0.05) is 89.6 Å². The van der Waals surface area contributed by atoms with E-state index in [2.05, 4.69) is 53.4 Å². The number of halogens is 1. The molecule has 3 aromatic rings. The highest BCUT2D eigenvalue weighted by molar-refractivity contribution is 6.30. The number of likely N-dealkylation sites (tertiary alicyclic amines) is 1. The number of piperidine rings is 1. The van der Waals surface area contributed by atoms with Gasteiger partial charge in [-0.15, -0.1) is 0 Å². The summed E-state index contributed by atoms with van der Waals surface area (Å²) in [4.78, 5) is 22.0. The Labute approximate surface area is 193 Å². The number of carbonyl (C=O) groups excluding carboxylic acids is 1. The van der Waals surface area contributed by atoms with Crippen LogP contribution in [0.15, 0.2) is 90.1 Å². The number of ketones is 1. The molecule has 0 aliphatic carbocycles. The lowest BCUT2D eigenvalue weighted by Crippen LogP contribution is -2.58. The lowest BCUT2D eigenvalue weighted by molar-refractivity contribution is -0.153. The molecule has 0 unspecified atom stereocenters. The molecular weight excluding hydrogens is 420 g/mol. The smallest absolute Gasteiger partial charge is 0.220 e. The molecule has 5 rings (SSSR count). The summed E-state index contributed by atoms with van der Waals surface area (Å²) in [5, 5.41) is 5.18. The van der Waals surface area contributed by atoms with Gasteiger partial charge in [-0.3, -0.25) is 9.69 Å². The van der Waals surface area contributed by atoms with Gasteiger partial charge in [0.25, 0.3) is 0 Å². The van der Waals surface area contributed by atoms with Crippen LogP contribution in [0.5, 0.6) is 0 Å². The number of hydrogen-bond donors (Lipinski definition) is 0. The zero-order valence-corrected chi connectivity index (χ0v) is 18.7. The molecule has 0 saturated carbocycles. The van der Waals surface area contributed by atoms with Crippen molar-refractivity contribution in [1.29, 1.82) is 0 Å². The van der Waals surface area contributed by atoms with Gasteiger partial charge in [0, 0.05) is 36.1 Å². The Hall–Kier alpha value is -2.95. The highest BCUT2D eigenvalue weighted by atomic mass is 35.5. The van der Waals surface area contributed by atoms with E-state index in [1.54, 1.807) is 0 Å². The molecule has 1 fully saturated rings. The zero-order valence-electron chi connectivity index (χ0n) is 17.9. The average molecular weight is 445 g/mol. The molecule has 0 radical (unpaired) electrons. The van der Waals surface area contributed by atoms with E-state index in [1.807, 2.05) is 48.5 Å². The molecule has 0 aromatic heterocycles. The van der Waals surface area contributed by atoms with Crippen LogP contribution >= 0.6 is 11.6 Å². The van der Waals surface area contributed by atoms with Crippen LogP contribution in [0.4, 0.5) is 0 Å². The molecule has 1 saturated heterocycles. The SMILES string of the molecule is C[C@H](c1ccccc1)N1CCC(=O)[C@@]2(C1)ON=C(c1ccc(Cl)cc1)[C@H]2c1ccccc1. The number of benzene rings is 3. The number of carbonyl (C=O) groups is 1. The first kappa shape index (κ1) is 20.9. The van der Waals surface area contributed by atoms with E-state index in [1.165, 1.54) is 5.56 Å². The van der Waals surface area contributed by atoms with Crippen molar-refractivity contribution in [3.63, 3.8) is 0 Å². The van der Waals surface area contributed by atoms with Gasteiger partial charge in [-0.25, -0.2) is 0 Å². The van der Waals surface area contributed by atoms with E-state index in [9.17, 15) is 4.79 Å². The molecule has 3 atom stereocenters. The molecule has 0 N–H and O–H groups in total. The molecule has 1 spiro atoms. The summed E-state index contributed by atoms with van der Waals surface area (Å²) in [6.07, 6.45) is 0.434. The second kappa shape index (κ2) is 8.53. The monoisotopic (exact) mass is 444 g/mol. The van der Waals surface area contributed by atoms with E-state index >= 15 is 0 Å². The van der Waals surface area contributed by atoms with Crippen molar-refractivity contribution in [2.45, 2.75) is 30.9 Å². The van der Waals surface area contributed by atoms with Gasteiger partial charge < -0.3 is 4.84 Å². The molecule has 32 heavy (non-hydrogen) atoms. The van der Waals surface area contributed by atoms with Crippen LogP contribution in [0, 0.1) is 0 Å². The van der Waals surface area contributed by atoms with E-state index < -0.39 is 5.60 Å². The van der Waals surface area contributed by atoms with E-state index in [4.69, 9.17) is 16.4 Å². The topological polar surface area (TPSA) is 41.9 Å². The van der Waals surface area contributed by atoms with Crippen LogP contribution in [-0.4, -0.2) is 35.1 Å². The number of rotatable bonds is 4. The molecule has 3 aromatic carbocycles. The van der Waals surface area contributed by atoms with Crippen molar-refractivity contribution >= 4 is 23.1 Å². The first-order valence-corrected chi connectivity index (χ1v) is 11.4. The Morgan fingerprint density at radius 2 is 1.66 bits per heavy atom. The normalized spacial score (nSPS) is 24.2. The molecule has 4 nitrogen and oxygen atoms in total. The van der Waals surface area contributed by atoms with Gasteiger partial charge in [-0.05, 0) is 30.2 Å². The summed E-state index contributed by atoms with van der Waals surface area (Å²) in [7, 11) is 0. The molecule has 2 aliphatic rings. The summed E-state index contributed by atoms with van der Waals surface area (Å²) in [6, 6.07) is 28.2.